The highest BCUT2D eigenvalue weighted by Gasteiger charge is 2.28. The smallest absolute Gasteiger partial charge is 0.240 e. The minimum atomic E-state index is -3.55. The van der Waals surface area contributed by atoms with Crippen molar-refractivity contribution in [1.29, 1.82) is 0 Å². The lowest BCUT2D eigenvalue weighted by atomic mass is 10.0. The average molecular weight is 1090 g/mol. The summed E-state index contributed by atoms with van der Waals surface area (Å²) in [6.45, 7) is 22.0. The van der Waals surface area contributed by atoms with Crippen molar-refractivity contribution >= 4 is 50.7 Å². The van der Waals surface area contributed by atoms with Crippen molar-refractivity contribution in [1.82, 2.24) is 14.3 Å². The molecule has 0 bridgehead atoms. The summed E-state index contributed by atoms with van der Waals surface area (Å²) >= 11 is 0. The van der Waals surface area contributed by atoms with Gasteiger partial charge in [0.25, 0.3) is 0 Å². The highest BCUT2D eigenvalue weighted by atomic mass is 32.2. The second kappa shape index (κ2) is 29.1. The number of sulfone groups is 1. The number of likely N-dealkylation sites (N-methyl/N-ethyl adjacent to an activating group) is 1. The fourth-order valence-electron chi connectivity index (χ4n) is 6.23. The zero-order chi connectivity index (χ0) is 54.8. The largest absolute Gasteiger partial charge is 0.308 e. The van der Waals surface area contributed by atoms with Crippen LogP contribution in [0.4, 0.5) is 0 Å². The number of benzene rings is 5. The topological polar surface area (TPSA) is 207 Å². The molecular weight excluding hydrogens is 1010 g/mol. The number of hydrogen-bond donors (Lipinski definition) is 3. The van der Waals surface area contributed by atoms with E-state index in [1.165, 1.54) is 24.0 Å². The van der Waals surface area contributed by atoms with Crippen molar-refractivity contribution in [3.8, 4) is 0 Å². The first kappa shape index (κ1) is 64.0. The third-order valence-corrected chi connectivity index (χ3v) is 17.2. The molecule has 1 atom stereocenters. The third kappa shape index (κ3) is 23.4. The van der Waals surface area contributed by atoms with E-state index in [0.29, 0.717) is 57.4 Å². The molecule has 6 rings (SSSR count). The van der Waals surface area contributed by atoms with Crippen LogP contribution in [0.15, 0.2) is 146 Å². The average Bonchev–Trinajstić information content (AvgIpc) is 4.12. The van der Waals surface area contributed by atoms with Gasteiger partial charge in [-0.25, -0.2) is 48.3 Å². The molecule has 0 spiro atoms. The van der Waals surface area contributed by atoms with Gasteiger partial charge >= 0.3 is 0 Å². The van der Waals surface area contributed by atoms with Gasteiger partial charge in [-0.15, -0.1) is 0 Å². The Morgan fingerprint density at radius 3 is 1.06 bits per heavy atom. The third-order valence-electron chi connectivity index (χ3n) is 11.2. The summed E-state index contributed by atoms with van der Waals surface area (Å²) in [5.74, 6) is 2.21. The molecule has 0 radical (unpaired) electrons. The summed E-state index contributed by atoms with van der Waals surface area (Å²) in [6.07, 6.45) is 4.84. The van der Waals surface area contributed by atoms with E-state index in [4.69, 9.17) is 5.14 Å². The fourth-order valence-corrected chi connectivity index (χ4v) is 10.2. The Balaban J connectivity index is 0.000000311. The van der Waals surface area contributed by atoms with Gasteiger partial charge in [-0.3, -0.25) is 4.21 Å². The molecule has 5 aromatic carbocycles. The quantitative estimate of drug-likeness (QED) is 0.0852. The van der Waals surface area contributed by atoms with Crippen LogP contribution in [0.2, 0.25) is 0 Å². The maximum absolute atomic E-state index is 12.0. The molecule has 4 N–H and O–H groups in total. The van der Waals surface area contributed by atoms with Crippen LogP contribution >= 0.6 is 0 Å². The predicted molar refractivity (Wildman–Crippen MR) is 297 cm³/mol. The minimum absolute atomic E-state index is 0.162. The van der Waals surface area contributed by atoms with Gasteiger partial charge in [0, 0.05) is 47.3 Å². The first-order valence-corrected chi connectivity index (χ1v) is 31.9. The Morgan fingerprint density at radius 1 is 0.500 bits per heavy atom. The zero-order valence-electron chi connectivity index (χ0n) is 44.6. The second-order valence-electron chi connectivity index (χ2n) is 19.5. The van der Waals surface area contributed by atoms with Crippen molar-refractivity contribution < 1.29 is 37.9 Å². The molecule has 0 aliphatic heterocycles. The molecule has 1 aliphatic rings. The van der Waals surface area contributed by atoms with Gasteiger partial charge in [0.2, 0.25) is 30.1 Å². The van der Waals surface area contributed by atoms with Crippen molar-refractivity contribution in [2.45, 2.75) is 142 Å². The molecule has 400 valence electrons. The highest BCUT2D eigenvalue weighted by Crippen LogP contribution is 2.24. The van der Waals surface area contributed by atoms with E-state index < -0.39 is 50.7 Å². The molecule has 0 saturated heterocycles. The molecule has 0 aromatic heterocycles. The first-order valence-electron chi connectivity index (χ1n) is 24.0. The molecule has 0 amide bonds. The maximum atomic E-state index is 12.0. The van der Waals surface area contributed by atoms with Crippen LogP contribution in [0.5, 0.6) is 0 Å². The Bertz CT molecular complexity index is 2800. The Labute approximate surface area is 436 Å². The number of nitrogens with two attached hydrogens (primary N) is 1. The monoisotopic (exact) mass is 1090 g/mol. The lowest BCUT2D eigenvalue weighted by Crippen LogP contribution is -2.31. The van der Waals surface area contributed by atoms with Crippen molar-refractivity contribution in [2.75, 3.05) is 39.7 Å². The molecule has 0 heterocycles. The lowest BCUT2D eigenvalue weighted by molar-refractivity contribution is 0.412. The summed E-state index contributed by atoms with van der Waals surface area (Å²) in [7, 11) is -10.3. The normalized spacial score (nSPS) is 13.3. The molecule has 1 fully saturated rings. The number of hydrogen-bond acceptors (Lipinski definition) is 10. The van der Waals surface area contributed by atoms with E-state index in [1.807, 2.05) is 93.5 Å². The van der Waals surface area contributed by atoms with E-state index in [2.05, 4.69) is 64.8 Å². The first-order chi connectivity index (χ1) is 33.2. The number of nitrogens with zero attached hydrogens (tertiary/aromatic N) is 1. The lowest BCUT2D eigenvalue weighted by Gasteiger charge is -2.11. The van der Waals surface area contributed by atoms with Crippen LogP contribution in [0.1, 0.15) is 139 Å². The molecule has 13 nitrogen and oxygen atoms in total. The van der Waals surface area contributed by atoms with Crippen LogP contribution in [0.3, 0.4) is 0 Å². The van der Waals surface area contributed by atoms with E-state index >= 15 is 0 Å². The van der Waals surface area contributed by atoms with Crippen LogP contribution in [0.25, 0.3) is 0 Å². The summed E-state index contributed by atoms with van der Waals surface area (Å²) in [4.78, 5) is 4.08. The van der Waals surface area contributed by atoms with Gasteiger partial charge in [0.1, 0.15) is 0 Å². The highest BCUT2D eigenvalue weighted by molar-refractivity contribution is 7.91. The molecule has 5 aromatic rings. The van der Waals surface area contributed by atoms with E-state index in [0.717, 1.165) is 40.0 Å². The predicted octanol–water partition coefficient (Wildman–Crippen LogP) is 10.1. The Kier molecular flexibility index (Phi) is 25.9. The molecule has 1 unspecified atom stereocenters. The van der Waals surface area contributed by atoms with Crippen LogP contribution in [-0.2, 0) is 50.7 Å². The minimum Gasteiger partial charge on any atom is -0.308 e. The molecule has 72 heavy (non-hydrogen) atoms. The summed E-state index contributed by atoms with van der Waals surface area (Å²) in [5.41, 5.74) is 5.86. The van der Waals surface area contributed by atoms with Gasteiger partial charge in [-0.1, -0.05) is 130 Å². The molecule has 1 aliphatic carbocycles. The van der Waals surface area contributed by atoms with Gasteiger partial charge in [-0.2, -0.15) is 0 Å². The van der Waals surface area contributed by atoms with E-state index in [1.54, 1.807) is 54.8 Å². The van der Waals surface area contributed by atoms with Crippen molar-refractivity contribution in [3.05, 3.63) is 149 Å². The zero-order valence-corrected chi connectivity index (χ0v) is 48.7. The van der Waals surface area contributed by atoms with E-state index in [-0.39, 0.29) is 10.9 Å². The van der Waals surface area contributed by atoms with Crippen LogP contribution in [-0.4, -0.2) is 88.5 Å². The van der Waals surface area contributed by atoms with Gasteiger partial charge < -0.3 is 4.90 Å². The van der Waals surface area contributed by atoms with Crippen LogP contribution in [0, 0.1) is 0 Å². The second-order valence-corrected chi connectivity index (χ2v) is 27.9. The van der Waals surface area contributed by atoms with Gasteiger partial charge in [-0.05, 0) is 145 Å². The number of nitrogens with one attached hydrogen (secondary N) is 2. The summed E-state index contributed by atoms with van der Waals surface area (Å²) in [6, 6.07) is 36.0. The van der Waals surface area contributed by atoms with Crippen molar-refractivity contribution in [2.24, 2.45) is 5.14 Å². The molecule has 1 saturated carbocycles. The Hall–Kier alpha value is -4.11. The summed E-state index contributed by atoms with van der Waals surface area (Å²) < 4.78 is 108. The van der Waals surface area contributed by atoms with Gasteiger partial charge in [0.05, 0.1) is 19.6 Å². The van der Waals surface area contributed by atoms with Gasteiger partial charge in [0.15, 0.2) is 9.84 Å². The number of rotatable bonds is 16. The Morgan fingerprint density at radius 2 is 0.792 bits per heavy atom. The fraction of sp³-hybridized carbons (Fsp3) is 0.444. The molecular formula is C54H80N4O9S5. The maximum Gasteiger partial charge on any atom is 0.240 e. The van der Waals surface area contributed by atoms with E-state index in [9.17, 15) is 37.9 Å². The summed E-state index contributed by atoms with van der Waals surface area (Å²) in [5, 5.41) is 4.96. The SMILES string of the molecule is CC(C)c1ccc(S(=O)(=O)NC2CC2)cc1.CC(C)c1ccc(S(=O)(=O)NCCN(C)C)cc1.CC(C)c1ccc(S(C)(=O)=O)cc1.CC(C)c1ccc(S(C)=O)cc1.CC(C)c1ccc(S(N)(=O)=O)cc1. The number of primary sulfonamides is 1. The molecule has 18 heteroatoms. The number of sulfonamides is 3. The standard InChI is InChI=1S/C13H22N2O2S.C12H17NO2S.C10H14O2S.C10H14OS.C9H13NO2S/c1-11(2)12-5-7-13(8-6-12)18(16,17)14-9-10-15(3)4;1-9(2)10-3-7-12(8-4-10)16(14,15)13-11-5-6-11;1-8(2)9-4-6-10(7-5-9)13(3,11)12;1-8(2)9-4-6-10(7-5-9)12(3)11;1-7(2)8-3-5-9(6-4-8)13(10,11)12/h5-8,11,14H,9-10H2,1-4H3;3-4,7-9,11,13H,5-6H2,1-2H3;4-8H,1-3H3;4-8H,1-3H3;3-7H,1-2H3,(H2,10,11,12). The van der Waals surface area contributed by atoms with Crippen LogP contribution < -0.4 is 14.6 Å². The van der Waals surface area contributed by atoms with Crippen molar-refractivity contribution in [3.63, 3.8) is 0 Å².